The summed E-state index contributed by atoms with van der Waals surface area (Å²) in [6, 6.07) is 6.61. The molecule has 1 aromatic carbocycles. The first-order valence-corrected chi connectivity index (χ1v) is 10.3. The molecule has 0 atom stereocenters. The van der Waals surface area contributed by atoms with E-state index in [0.717, 1.165) is 37.4 Å². The van der Waals surface area contributed by atoms with Crippen molar-refractivity contribution in [3.63, 3.8) is 0 Å². The molecule has 1 N–H and O–H groups in total. The number of aliphatic hydroxyl groups excluding tert-OH is 1. The fourth-order valence-corrected chi connectivity index (χ4v) is 3.98. The number of carbonyl (C=O) groups is 1. The third-order valence-corrected chi connectivity index (χ3v) is 5.43. The van der Waals surface area contributed by atoms with Crippen molar-refractivity contribution in [2.45, 2.75) is 64.2 Å². The zero-order valence-electron chi connectivity index (χ0n) is 16.6. The molecule has 0 aliphatic heterocycles. The van der Waals surface area contributed by atoms with Gasteiger partial charge in [-0.3, -0.25) is 0 Å². The van der Waals surface area contributed by atoms with Crippen molar-refractivity contribution in [1.29, 1.82) is 0 Å². The highest BCUT2D eigenvalue weighted by atomic mass is 16.6. The third kappa shape index (κ3) is 7.02. The molecule has 1 aromatic rings. The van der Waals surface area contributed by atoms with Gasteiger partial charge in [0, 0.05) is 12.7 Å². The van der Waals surface area contributed by atoms with Crippen LogP contribution in [0, 0.1) is 5.92 Å². The Labute approximate surface area is 163 Å². The molecule has 0 spiro atoms. The van der Waals surface area contributed by atoms with Crippen LogP contribution in [0.4, 0.5) is 0 Å². The van der Waals surface area contributed by atoms with Crippen LogP contribution in [-0.4, -0.2) is 30.9 Å². The van der Waals surface area contributed by atoms with Gasteiger partial charge in [0.15, 0.2) is 0 Å². The zero-order chi connectivity index (χ0) is 19.5. The lowest BCUT2D eigenvalue weighted by molar-refractivity contribution is -0.138. The highest BCUT2D eigenvalue weighted by molar-refractivity contribution is 5.81. The number of ether oxygens (including phenoxy) is 2. The molecule has 0 heterocycles. The molecule has 2 rings (SSSR count). The number of hydrogen-bond acceptors (Lipinski definition) is 4. The summed E-state index contributed by atoms with van der Waals surface area (Å²) < 4.78 is 11.0. The summed E-state index contributed by atoms with van der Waals surface area (Å²) in [4.78, 5) is 11.2. The summed E-state index contributed by atoms with van der Waals surface area (Å²) in [5, 5.41) is 9.03. The zero-order valence-corrected chi connectivity index (χ0v) is 16.6. The number of carbonyl (C=O) groups excluding carboxylic acids is 1. The van der Waals surface area contributed by atoms with E-state index in [-0.39, 0.29) is 6.61 Å². The summed E-state index contributed by atoms with van der Waals surface area (Å²) in [6.45, 7) is 6.46. The molecule has 0 bridgehead atoms. The summed E-state index contributed by atoms with van der Waals surface area (Å²) >= 11 is 0. The van der Waals surface area contributed by atoms with Crippen LogP contribution in [0.2, 0.25) is 0 Å². The van der Waals surface area contributed by atoms with E-state index in [0.29, 0.717) is 19.1 Å². The van der Waals surface area contributed by atoms with Gasteiger partial charge >= 0.3 is 5.97 Å². The lowest BCUT2D eigenvalue weighted by atomic mass is 9.77. The normalized spacial score (nSPS) is 19.5. The van der Waals surface area contributed by atoms with Crippen LogP contribution in [0.25, 0.3) is 0 Å². The van der Waals surface area contributed by atoms with E-state index in [9.17, 15) is 4.79 Å². The van der Waals surface area contributed by atoms with Crippen LogP contribution in [-0.2, 0) is 16.0 Å². The smallest absolute Gasteiger partial charge is 0.330 e. The Morgan fingerprint density at radius 3 is 2.70 bits per heavy atom. The molecular formula is C23H34O4. The molecule has 27 heavy (non-hydrogen) atoms. The molecule has 1 aliphatic carbocycles. The van der Waals surface area contributed by atoms with Crippen LogP contribution in [0.5, 0.6) is 5.75 Å². The maximum atomic E-state index is 11.2. The molecule has 4 nitrogen and oxygen atoms in total. The van der Waals surface area contributed by atoms with Gasteiger partial charge in [-0.25, -0.2) is 4.79 Å². The molecular weight excluding hydrogens is 340 g/mol. The Bertz CT molecular complexity index is 588. The first-order chi connectivity index (χ1) is 13.2. The van der Waals surface area contributed by atoms with Gasteiger partial charge in [0.1, 0.15) is 19.0 Å². The second-order valence-corrected chi connectivity index (χ2v) is 7.43. The molecule has 150 valence electrons. The molecule has 1 fully saturated rings. The second-order valence-electron chi connectivity index (χ2n) is 7.43. The number of benzene rings is 1. The lowest BCUT2D eigenvalue weighted by Gasteiger charge is -2.30. The monoisotopic (exact) mass is 374 g/mol. The van der Waals surface area contributed by atoms with Gasteiger partial charge < -0.3 is 14.6 Å². The topological polar surface area (TPSA) is 55.8 Å². The maximum Gasteiger partial charge on any atom is 0.330 e. The van der Waals surface area contributed by atoms with E-state index in [4.69, 9.17) is 14.6 Å². The van der Waals surface area contributed by atoms with E-state index in [1.807, 2.05) is 0 Å². The van der Waals surface area contributed by atoms with Crippen molar-refractivity contribution in [3.05, 3.63) is 42.0 Å². The minimum Gasteiger partial charge on any atom is -0.490 e. The number of aliphatic hydroxyl groups is 1. The van der Waals surface area contributed by atoms with Crippen LogP contribution < -0.4 is 4.74 Å². The van der Waals surface area contributed by atoms with E-state index in [2.05, 4.69) is 31.7 Å². The number of aryl methyl sites for hydroxylation is 1. The van der Waals surface area contributed by atoms with E-state index in [1.54, 1.807) is 0 Å². The first-order valence-electron chi connectivity index (χ1n) is 10.3. The fourth-order valence-electron chi connectivity index (χ4n) is 3.98. The molecule has 0 unspecified atom stereocenters. The van der Waals surface area contributed by atoms with Crippen molar-refractivity contribution < 1.29 is 19.4 Å². The van der Waals surface area contributed by atoms with Gasteiger partial charge in [-0.2, -0.15) is 0 Å². The summed E-state index contributed by atoms with van der Waals surface area (Å²) in [5.74, 6) is 1.79. The Morgan fingerprint density at radius 2 is 2.04 bits per heavy atom. The minimum absolute atomic E-state index is 0.232. The van der Waals surface area contributed by atoms with E-state index < -0.39 is 5.97 Å². The maximum absolute atomic E-state index is 11.2. The number of hydrogen-bond donors (Lipinski definition) is 1. The largest absolute Gasteiger partial charge is 0.490 e. The molecule has 1 aliphatic rings. The van der Waals surface area contributed by atoms with E-state index >= 15 is 0 Å². The van der Waals surface area contributed by atoms with E-state index in [1.165, 1.54) is 42.9 Å². The Morgan fingerprint density at radius 1 is 1.26 bits per heavy atom. The van der Waals surface area contributed by atoms with Gasteiger partial charge in [0.25, 0.3) is 0 Å². The highest BCUT2D eigenvalue weighted by Crippen LogP contribution is 2.41. The van der Waals surface area contributed by atoms with Crippen LogP contribution in [0.3, 0.4) is 0 Å². The summed E-state index contributed by atoms with van der Waals surface area (Å²) in [6.07, 6.45) is 10.1. The van der Waals surface area contributed by atoms with Crippen LogP contribution >= 0.6 is 0 Å². The molecule has 0 saturated heterocycles. The second kappa shape index (κ2) is 11.8. The lowest BCUT2D eigenvalue weighted by Crippen LogP contribution is -2.16. The third-order valence-electron chi connectivity index (χ3n) is 5.43. The molecule has 4 heteroatoms. The SMILES string of the molecule is C=CC(=O)OCCOc1cc(CCC)ccc1C1CCC(CCCO)CC1. The van der Waals surface area contributed by atoms with Crippen molar-refractivity contribution in [3.8, 4) is 5.75 Å². The average Bonchev–Trinajstić information content (AvgIpc) is 2.70. The summed E-state index contributed by atoms with van der Waals surface area (Å²) in [7, 11) is 0. The average molecular weight is 375 g/mol. The summed E-state index contributed by atoms with van der Waals surface area (Å²) in [5.41, 5.74) is 2.57. The number of rotatable bonds is 11. The predicted octanol–water partition coefficient (Wildman–Crippen LogP) is 4.79. The molecule has 0 amide bonds. The molecule has 0 aromatic heterocycles. The Kier molecular flexibility index (Phi) is 9.40. The van der Waals surface area contributed by atoms with Gasteiger partial charge in [-0.1, -0.05) is 32.1 Å². The van der Waals surface area contributed by atoms with Gasteiger partial charge in [-0.15, -0.1) is 0 Å². The Balaban J connectivity index is 1.99. The van der Waals surface area contributed by atoms with Crippen molar-refractivity contribution in [2.75, 3.05) is 19.8 Å². The highest BCUT2D eigenvalue weighted by Gasteiger charge is 2.24. The molecule has 0 radical (unpaired) electrons. The van der Waals surface area contributed by atoms with Crippen LogP contribution in [0.15, 0.2) is 30.9 Å². The Hall–Kier alpha value is -1.81. The minimum atomic E-state index is -0.417. The number of esters is 1. The quantitative estimate of drug-likeness (QED) is 0.344. The van der Waals surface area contributed by atoms with Crippen molar-refractivity contribution in [2.24, 2.45) is 5.92 Å². The van der Waals surface area contributed by atoms with Gasteiger partial charge in [0.2, 0.25) is 0 Å². The van der Waals surface area contributed by atoms with Crippen molar-refractivity contribution in [1.82, 2.24) is 0 Å². The van der Waals surface area contributed by atoms with Crippen molar-refractivity contribution >= 4 is 5.97 Å². The first kappa shape index (κ1) is 21.5. The standard InChI is InChI=1S/C23H34O4/c1-3-6-19-10-13-21(20-11-8-18(9-12-20)7-5-14-24)22(17-19)26-15-16-27-23(25)4-2/h4,10,13,17-18,20,24H,2-3,5-9,11-12,14-16H2,1H3. The van der Waals surface area contributed by atoms with Crippen LogP contribution in [0.1, 0.15) is 68.9 Å². The predicted molar refractivity (Wildman–Crippen MR) is 108 cm³/mol. The molecule has 1 saturated carbocycles. The van der Waals surface area contributed by atoms with Gasteiger partial charge in [0.05, 0.1) is 0 Å². The van der Waals surface area contributed by atoms with Gasteiger partial charge in [-0.05, 0) is 74.0 Å². The fraction of sp³-hybridized carbons (Fsp3) is 0.609.